The Labute approximate surface area is 94.7 Å². The van der Waals surface area contributed by atoms with Gasteiger partial charge in [-0.15, -0.1) is 0 Å². The third kappa shape index (κ3) is 4.31. The van der Waals surface area contributed by atoms with E-state index in [-0.39, 0.29) is 17.8 Å². The Morgan fingerprint density at radius 3 is 2.56 bits per heavy atom. The zero-order chi connectivity index (χ0) is 12.0. The molecule has 88 valence electrons. The van der Waals surface area contributed by atoms with Gasteiger partial charge in [0.25, 0.3) is 0 Å². The number of hydrogen-bond donors (Lipinski definition) is 1. The molecule has 1 aromatic carbocycles. The van der Waals surface area contributed by atoms with Crippen LogP contribution in [0.25, 0.3) is 0 Å². The lowest BCUT2D eigenvalue weighted by Gasteiger charge is -2.10. The van der Waals surface area contributed by atoms with Gasteiger partial charge in [0.1, 0.15) is 11.9 Å². The Bertz CT molecular complexity index is 331. The van der Waals surface area contributed by atoms with Gasteiger partial charge in [0.15, 0.2) is 0 Å². The summed E-state index contributed by atoms with van der Waals surface area (Å²) in [5.41, 5.74) is 1.01. The lowest BCUT2D eigenvalue weighted by Crippen LogP contribution is -2.15. The van der Waals surface area contributed by atoms with Crippen molar-refractivity contribution < 1.29 is 19.7 Å². The summed E-state index contributed by atoms with van der Waals surface area (Å²) in [5, 5.41) is 9.10. The Kier molecular flexibility index (Phi) is 4.79. The van der Waals surface area contributed by atoms with E-state index >= 15 is 0 Å². The molecule has 0 heterocycles. The predicted octanol–water partition coefficient (Wildman–Crippen LogP) is 2.21. The van der Waals surface area contributed by atoms with Crippen LogP contribution in [0.5, 0.6) is 5.75 Å². The third-order valence-electron chi connectivity index (χ3n) is 2.05. The first-order valence-electron chi connectivity index (χ1n) is 5.26. The third-order valence-corrected chi connectivity index (χ3v) is 2.05. The van der Waals surface area contributed by atoms with Crippen LogP contribution in [0.3, 0.4) is 0 Å². The number of benzene rings is 1. The maximum atomic E-state index is 10.8. The van der Waals surface area contributed by atoms with E-state index in [4.69, 9.17) is 9.99 Å². The Morgan fingerprint density at radius 1 is 1.38 bits per heavy atom. The number of carbonyl (C=O) groups is 1. The van der Waals surface area contributed by atoms with Crippen LogP contribution >= 0.6 is 0 Å². The number of rotatable bonds is 5. The average molecular weight is 224 g/mol. The van der Waals surface area contributed by atoms with E-state index in [2.05, 4.69) is 4.89 Å². The number of carbonyl (C=O) groups excluding carboxylic acids is 1. The summed E-state index contributed by atoms with van der Waals surface area (Å²) in [6.45, 7) is 3.52. The molecule has 0 aliphatic heterocycles. The van der Waals surface area contributed by atoms with Crippen LogP contribution < -0.4 is 0 Å². The van der Waals surface area contributed by atoms with Gasteiger partial charge in [0, 0.05) is 12.8 Å². The van der Waals surface area contributed by atoms with Crippen molar-refractivity contribution in [2.24, 2.45) is 0 Å². The van der Waals surface area contributed by atoms with Crippen LogP contribution in [-0.4, -0.2) is 17.2 Å². The second kappa shape index (κ2) is 6.12. The van der Waals surface area contributed by atoms with Gasteiger partial charge in [-0.1, -0.05) is 19.1 Å². The van der Waals surface area contributed by atoms with Crippen LogP contribution in [0.15, 0.2) is 24.3 Å². The molecule has 0 bridgehead atoms. The molecular formula is C12H16O4. The molecule has 0 aromatic heterocycles. The van der Waals surface area contributed by atoms with Gasteiger partial charge in [-0.2, -0.15) is 4.89 Å². The SMILES string of the molecule is CCC(=O)OOC(C)Cc1ccc(O)cc1. The number of hydrogen-bond acceptors (Lipinski definition) is 4. The minimum Gasteiger partial charge on any atom is -0.508 e. The topological polar surface area (TPSA) is 55.8 Å². The second-order valence-corrected chi connectivity index (χ2v) is 3.59. The molecule has 0 aliphatic carbocycles. The molecule has 0 aliphatic rings. The van der Waals surface area contributed by atoms with Gasteiger partial charge in [0.2, 0.25) is 0 Å². The van der Waals surface area contributed by atoms with E-state index in [1.54, 1.807) is 31.2 Å². The Morgan fingerprint density at radius 2 is 2.00 bits per heavy atom. The largest absolute Gasteiger partial charge is 0.508 e. The fourth-order valence-electron chi connectivity index (χ4n) is 1.19. The summed E-state index contributed by atoms with van der Waals surface area (Å²) in [6.07, 6.45) is 0.712. The number of aromatic hydroxyl groups is 1. The first kappa shape index (κ1) is 12.5. The highest BCUT2D eigenvalue weighted by molar-refractivity contribution is 5.68. The van der Waals surface area contributed by atoms with Crippen molar-refractivity contribution in [3.05, 3.63) is 29.8 Å². The van der Waals surface area contributed by atoms with Crippen molar-refractivity contribution in [3.63, 3.8) is 0 Å². The van der Waals surface area contributed by atoms with Crippen LogP contribution in [-0.2, 0) is 21.0 Å². The number of phenolic OH excluding ortho intramolecular Hbond substituents is 1. The minimum absolute atomic E-state index is 0.208. The fourth-order valence-corrected chi connectivity index (χ4v) is 1.19. The zero-order valence-corrected chi connectivity index (χ0v) is 9.47. The van der Waals surface area contributed by atoms with Gasteiger partial charge < -0.3 is 5.11 Å². The van der Waals surface area contributed by atoms with Crippen molar-refractivity contribution in [2.75, 3.05) is 0 Å². The lowest BCUT2D eigenvalue weighted by atomic mass is 10.1. The summed E-state index contributed by atoms with van der Waals surface area (Å²) < 4.78 is 0. The van der Waals surface area contributed by atoms with E-state index in [1.807, 2.05) is 6.92 Å². The Balaban J connectivity index is 2.36. The molecule has 1 aromatic rings. The smallest absolute Gasteiger partial charge is 0.342 e. The minimum atomic E-state index is -0.377. The van der Waals surface area contributed by atoms with E-state index in [0.29, 0.717) is 12.8 Å². The normalized spacial score (nSPS) is 12.1. The summed E-state index contributed by atoms with van der Waals surface area (Å²) in [4.78, 5) is 20.3. The molecule has 1 N–H and O–H groups in total. The predicted molar refractivity (Wildman–Crippen MR) is 58.7 cm³/mol. The maximum Gasteiger partial charge on any atom is 0.342 e. The molecule has 1 rings (SSSR count). The summed E-state index contributed by atoms with van der Waals surface area (Å²) in [7, 11) is 0. The van der Waals surface area contributed by atoms with Crippen LogP contribution in [0.2, 0.25) is 0 Å². The average Bonchev–Trinajstić information content (AvgIpc) is 2.29. The standard InChI is InChI=1S/C12H16O4/c1-3-12(14)16-15-9(2)8-10-4-6-11(13)7-5-10/h4-7,9,13H,3,8H2,1-2H3. The van der Waals surface area contributed by atoms with Crippen molar-refractivity contribution in [1.29, 1.82) is 0 Å². The molecule has 0 fully saturated rings. The molecule has 0 saturated carbocycles. The van der Waals surface area contributed by atoms with E-state index in [1.165, 1.54) is 0 Å². The molecule has 4 heteroatoms. The second-order valence-electron chi connectivity index (χ2n) is 3.59. The Hall–Kier alpha value is -1.55. The molecule has 1 unspecified atom stereocenters. The van der Waals surface area contributed by atoms with E-state index in [9.17, 15) is 4.79 Å². The zero-order valence-electron chi connectivity index (χ0n) is 9.47. The first-order valence-corrected chi connectivity index (χ1v) is 5.26. The van der Waals surface area contributed by atoms with Crippen molar-refractivity contribution >= 4 is 5.97 Å². The van der Waals surface area contributed by atoms with Gasteiger partial charge in [-0.25, -0.2) is 4.79 Å². The number of phenols is 1. The molecule has 4 nitrogen and oxygen atoms in total. The van der Waals surface area contributed by atoms with Crippen LogP contribution in [0, 0.1) is 0 Å². The quantitative estimate of drug-likeness (QED) is 0.615. The van der Waals surface area contributed by atoms with Gasteiger partial charge >= 0.3 is 5.97 Å². The molecule has 0 spiro atoms. The van der Waals surface area contributed by atoms with Crippen LogP contribution in [0.4, 0.5) is 0 Å². The highest BCUT2D eigenvalue weighted by Crippen LogP contribution is 2.12. The van der Waals surface area contributed by atoms with Gasteiger partial charge in [0.05, 0.1) is 0 Å². The van der Waals surface area contributed by atoms with Gasteiger partial charge in [-0.3, -0.25) is 4.89 Å². The molecule has 0 radical (unpaired) electrons. The summed E-state index contributed by atoms with van der Waals surface area (Å²) in [5.74, 6) is -0.146. The van der Waals surface area contributed by atoms with Crippen LogP contribution in [0.1, 0.15) is 25.8 Å². The highest BCUT2D eigenvalue weighted by atomic mass is 17.2. The monoisotopic (exact) mass is 224 g/mol. The summed E-state index contributed by atoms with van der Waals surface area (Å²) >= 11 is 0. The van der Waals surface area contributed by atoms with Gasteiger partial charge in [-0.05, 0) is 24.6 Å². The first-order chi connectivity index (χ1) is 7.61. The van der Waals surface area contributed by atoms with E-state index in [0.717, 1.165) is 5.56 Å². The molecular weight excluding hydrogens is 208 g/mol. The maximum absolute atomic E-state index is 10.8. The van der Waals surface area contributed by atoms with E-state index < -0.39 is 0 Å². The molecule has 1 atom stereocenters. The van der Waals surface area contributed by atoms with Crippen molar-refractivity contribution in [1.82, 2.24) is 0 Å². The summed E-state index contributed by atoms with van der Waals surface area (Å²) in [6, 6.07) is 6.83. The lowest BCUT2D eigenvalue weighted by molar-refractivity contribution is -0.294. The molecule has 16 heavy (non-hydrogen) atoms. The van der Waals surface area contributed by atoms with Crippen molar-refractivity contribution in [3.8, 4) is 5.75 Å². The highest BCUT2D eigenvalue weighted by Gasteiger charge is 2.08. The molecule has 0 saturated heterocycles. The fraction of sp³-hybridized carbons (Fsp3) is 0.417. The van der Waals surface area contributed by atoms with Crippen molar-refractivity contribution in [2.45, 2.75) is 32.8 Å². The molecule has 0 amide bonds.